The number of amides is 1. The van der Waals surface area contributed by atoms with Gasteiger partial charge in [-0.05, 0) is 37.6 Å². The van der Waals surface area contributed by atoms with Gasteiger partial charge in [0.05, 0.1) is 5.75 Å². The van der Waals surface area contributed by atoms with Gasteiger partial charge >= 0.3 is 0 Å². The van der Waals surface area contributed by atoms with Gasteiger partial charge in [0.2, 0.25) is 5.91 Å². The van der Waals surface area contributed by atoms with Crippen molar-refractivity contribution in [2.45, 2.75) is 48.4 Å². The molecule has 1 aliphatic rings. The van der Waals surface area contributed by atoms with Crippen LogP contribution in [0.1, 0.15) is 37.6 Å². The minimum atomic E-state index is -0.323. The van der Waals surface area contributed by atoms with Gasteiger partial charge in [0, 0.05) is 22.4 Å². The number of hydrogen-bond acceptors (Lipinski definition) is 5. The number of rotatable bonds is 5. The van der Waals surface area contributed by atoms with Gasteiger partial charge in [-0.1, -0.05) is 25.6 Å². The van der Waals surface area contributed by atoms with E-state index in [1.807, 2.05) is 6.92 Å². The number of fused-ring (bicyclic) bond motifs is 1. The molecule has 3 rings (SSSR count). The fourth-order valence-corrected chi connectivity index (χ4v) is 5.35. The van der Waals surface area contributed by atoms with Crippen LogP contribution < -0.4 is 5.32 Å². The number of nitrogens with zero attached hydrogens (tertiary/aromatic N) is 2. The van der Waals surface area contributed by atoms with E-state index in [1.165, 1.54) is 29.5 Å². The van der Waals surface area contributed by atoms with Crippen LogP contribution in [0, 0.1) is 12.7 Å². The van der Waals surface area contributed by atoms with E-state index < -0.39 is 0 Å². The summed E-state index contributed by atoms with van der Waals surface area (Å²) in [5.74, 6) is 0.959. The van der Waals surface area contributed by atoms with Crippen molar-refractivity contribution in [1.29, 1.82) is 0 Å². The van der Waals surface area contributed by atoms with E-state index >= 15 is 0 Å². The predicted octanol–water partition coefficient (Wildman–Crippen LogP) is 4.64. The first-order valence-corrected chi connectivity index (χ1v) is 10.1. The fraction of sp³-hybridized carbons (Fsp3) is 0.389. The summed E-state index contributed by atoms with van der Waals surface area (Å²) in [6, 6.07) is 5.76. The molecule has 0 fully saturated rings. The SMILES string of the molecule is CC[C@@H]1c2c(SCC(=O)Nc3ccc(F)cc3)nc(C)nc2S[C@H]1C. The minimum absolute atomic E-state index is 0.131. The standard InChI is InChI=1S/C18H20FN3OS2/c1-4-14-10(2)25-18-16(14)17(20-11(3)21-18)24-9-15(23)22-13-7-5-12(19)6-8-13/h5-8,10,14H,4,9H2,1-3H3,(H,22,23)/t10-,14-/m0/s1. The monoisotopic (exact) mass is 377 g/mol. The van der Waals surface area contributed by atoms with Gasteiger partial charge in [-0.25, -0.2) is 14.4 Å². The molecule has 0 bridgehead atoms. The smallest absolute Gasteiger partial charge is 0.234 e. The molecule has 0 spiro atoms. The molecule has 2 heterocycles. The highest BCUT2D eigenvalue weighted by Crippen LogP contribution is 2.48. The normalized spacial score (nSPS) is 18.9. The number of anilines is 1. The zero-order valence-corrected chi connectivity index (χ0v) is 16.0. The lowest BCUT2D eigenvalue weighted by Gasteiger charge is -2.15. The van der Waals surface area contributed by atoms with Gasteiger partial charge < -0.3 is 5.32 Å². The largest absolute Gasteiger partial charge is 0.325 e. The molecule has 132 valence electrons. The van der Waals surface area contributed by atoms with Crippen LogP contribution in [0.15, 0.2) is 34.3 Å². The third-order valence-corrected chi connectivity index (χ3v) is 6.36. The van der Waals surface area contributed by atoms with Crippen molar-refractivity contribution in [3.63, 3.8) is 0 Å². The highest BCUT2D eigenvalue weighted by molar-refractivity contribution is 8.01. The van der Waals surface area contributed by atoms with Crippen LogP contribution >= 0.6 is 23.5 Å². The summed E-state index contributed by atoms with van der Waals surface area (Å²) >= 11 is 3.23. The second kappa shape index (κ2) is 7.74. The highest BCUT2D eigenvalue weighted by atomic mass is 32.2. The van der Waals surface area contributed by atoms with E-state index in [4.69, 9.17) is 0 Å². The molecule has 1 aromatic carbocycles. The molecule has 0 saturated heterocycles. The second-order valence-corrected chi connectivity index (χ2v) is 8.31. The van der Waals surface area contributed by atoms with Crippen LogP contribution in [0.2, 0.25) is 0 Å². The van der Waals surface area contributed by atoms with Crippen LogP contribution in [0.3, 0.4) is 0 Å². The molecule has 1 amide bonds. The molecule has 2 aromatic rings. The van der Waals surface area contributed by atoms with Gasteiger partial charge in [-0.2, -0.15) is 0 Å². The van der Waals surface area contributed by atoms with E-state index in [2.05, 4.69) is 29.1 Å². The third-order valence-electron chi connectivity index (χ3n) is 4.13. The summed E-state index contributed by atoms with van der Waals surface area (Å²) in [4.78, 5) is 21.3. The van der Waals surface area contributed by atoms with Crippen molar-refractivity contribution in [1.82, 2.24) is 9.97 Å². The summed E-state index contributed by atoms with van der Waals surface area (Å²) in [6.45, 7) is 6.27. The number of thioether (sulfide) groups is 2. The lowest BCUT2D eigenvalue weighted by atomic mass is 9.96. The predicted molar refractivity (Wildman–Crippen MR) is 101 cm³/mol. The number of hydrogen-bond donors (Lipinski definition) is 1. The lowest BCUT2D eigenvalue weighted by molar-refractivity contribution is -0.113. The average molecular weight is 378 g/mol. The van der Waals surface area contributed by atoms with Gasteiger partial charge in [0.25, 0.3) is 0 Å². The Labute approximate surface area is 155 Å². The van der Waals surface area contributed by atoms with Crippen molar-refractivity contribution >= 4 is 35.1 Å². The zero-order valence-electron chi connectivity index (χ0n) is 14.4. The average Bonchev–Trinajstić information content (AvgIpc) is 2.89. The van der Waals surface area contributed by atoms with Crippen LogP contribution in [0.5, 0.6) is 0 Å². The van der Waals surface area contributed by atoms with Crippen molar-refractivity contribution in [2.24, 2.45) is 0 Å². The molecule has 4 nitrogen and oxygen atoms in total. The van der Waals surface area contributed by atoms with Crippen molar-refractivity contribution in [2.75, 3.05) is 11.1 Å². The van der Waals surface area contributed by atoms with Crippen molar-refractivity contribution in [3.05, 3.63) is 41.5 Å². The maximum absolute atomic E-state index is 12.9. The number of aromatic nitrogens is 2. The molecule has 0 radical (unpaired) electrons. The van der Waals surface area contributed by atoms with Crippen LogP contribution in [0.25, 0.3) is 0 Å². The first-order valence-electron chi connectivity index (χ1n) is 8.21. The summed E-state index contributed by atoms with van der Waals surface area (Å²) in [6.07, 6.45) is 1.03. The van der Waals surface area contributed by atoms with Crippen LogP contribution in [-0.4, -0.2) is 26.9 Å². The maximum Gasteiger partial charge on any atom is 0.234 e. The van der Waals surface area contributed by atoms with Crippen molar-refractivity contribution < 1.29 is 9.18 Å². The molecule has 0 unspecified atom stereocenters. The lowest BCUT2D eigenvalue weighted by Crippen LogP contribution is -2.15. The minimum Gasteiger partial charge on any atom is -0.325 e. The number of carbonyl (C=O) groups is 1. The maximum atomic E-state index is 12.9. The quantitative estimate of drug-likeness (QED) is 0.607. The van der Waals surface area contributed by atoms with Crippen LogP contribution in [0.4, 0.5) is 10.1 Å². The number of carbonyl (C=O) groups excluding carboxylic acids is 1. The van der Waals surface area contributed by atoms with Crippen molar-refractivity contribution in [3.8, 4) is 0 Å². The van der Waals surface area contributed by atoms with Gasteiger partial charge in [0.1, 0.15) is 21.7 Å². The van der Waals surface area contributed by atoms with E-state index in [9.17, 15) is 9.18 Å². The Morgan fingerprint density at radius 2 is 2.04 bits per heavy atom. The van der Waals surface area contributed by atoms with E-state index in [0.29, 0.717) is 16.9 Å². The molecular weight excluding hydrogens is 357 g/mol. The van der Waals surface area contributed by atoms with E-state index in [1.54, 1.807) is 23.9 Å². The first kappa shape index (κ1) is 18.2. The Balaban J connectivity index is 1.71. The van der Waals surface area contributed by atoms with E-state index in [-0.39, 0.29) is 17.5 Å². The van der Waals surface area contributed by atoms with Gasteiger partial charge in [-0.3, -0.25) is 4.79 Å². The first-order chi connectivity index (χ1) is 12.0. The summed E-state index contributed by atoms with van der Waals surface area (Å²) in [5, 5.41) is 5.21. The zero-order chi connectivity index (χ0) is 18.0. The van der Waals surface area contributed by atoms with Gasteiger partial charge in [-0.15, -0.1) is 11.8 Å². The summed E-state index contributed by atoms with van der Waals surface area (Å²) < 4.78 is 12.9. The molecule has 1 aromatic heterocycles. The molecule has 2 atom stereocenters. The Kier molecular flexibility index (Phi) is 5.64. The summed E-state index contributed by atoms with van der Waals surface area (Å²) in [5.41, 5.74) is 1.77. The molecule has 7 heteroatoms. The Morgan fingerprint density at radius 1 is 1.32 bits per heavy atom. The topological polar surface area (TPSA) is 54.9 Å². The van der Waals surface area contributed by atoms with Crippen LogP contribution in [-0.2, 0) is 4.79 Å². The highest BCUT2D eigenvalue weighted by Gasteiger charge is 2.33. The number of halogens is 1. The van der Waals surface area contributed by atoms with Gasteiger partial charge in [0.15, 0.2) is 0 Å². The molecule has 0 aliphatic carbocycles. The Hall–Kier alpha value is -1.60. The van der Waals surface area contributed by atoms with E-state index in [0.717, 1.165) is 22.3 Å². The molecule has 1 aliphatic heterocycles. The molecule has 0 saturated carbocycles. The third kappa shape index (κ3) is 4.15. The number of nitrogens with one attached hydrogen (secondary N) is 1. The number of aryl methyl sites for hydroxylation is 1. The molecule has 25 heavy (non-hydrogen) atoms. The fourth-order valence-electron chi connectivity index (χ4n) is 2.94. The summed E-state index contributed by atoms with van der Waals surface area (Å²) in [7, 11) is 0. The Bertz CT molecular complexity index is 783. The molecular formula is C18H20FN3OS2. The Morgan fingerprint density at radius 3 is 2.72 bits per heavy atom. The second-order valence-electron chi connectivity index (χ2n) is 5.98. The molecule has 1 N–H and O–H groups in total. The number of benzene rings is 1.